The number of fused-ring (bicyclic) bond motifs is 1. The Morgan fingerprint density at radius 3 is 2.53 bits per heavy atom. The van der Waals surface area contributed by atoms with E-state index in [2.05, 4.69) is 20.8 Å². The minimum Gasteiger partial charge on any atom is -0.496 e. The van der Waals surface area contributed by atoms with Crippen LogP contribution >= 0.6 is 0 Å². The molecular weight excluding hydrogens is 188 g/mol. The van der Waals surface area contributed by atoms with E-state index in [1.165, 1.54) is 5.56 Å². The van der Waals surface area contributed by atoms with Crippen LogP contribution in [0.25, 0.3) is 11.0 Å². The highest BCUT2D eigenvalue weighted by Crippen LogP contribution is 2.36. The van der Waals surface area contributed by atoms with Crippen molar-refractivity contribution in [3.63, 3.8) is 0 Å². The van der Waals surface area contributed by atoms with Gasteiger partial charge in [-0.15, -0.1) is 0 Å². The summed E-state index contributed by atoms with van der Waals surface area (Å²) >= 11 is 0. The summed E-state index contributed by atoms with van der Waals surface area (Å²) in [6.07, 6.45) is 1.83. The number of ether oxygens (including phenoxy) is 1. The maximum absolute atomic E-state index is 5.54. The molecule has 1 aromatic heterocycles. The summed E-state index contributed by atoms with van der Waals surface area (Å²) in [5.74, 6) is 0.881. The van der Waals surface area contributed by atoms with Gasteiger partial charge in [-0.25, -0.2) is 0 Å². The third-order valence-corrected chi connectivity index (χ3v) is 2.59. The van der Waals surface area contributed by atoms with E-state index < -0.39 is 0 Å². The standard InChI is InChI=1S/C13H16O2/c1-13(2,3)9-8-15-11-7-5-6-10(14-4)12(9)11/h5-8H,1-4H3. The lowest BCUT2D eigenvalue weighted by Gasteiger charge is -2.17. The van der Waals surface area contributed by atoms with Crippen LogP contribution in [-0.4, -0.2) is 7.11 Å². The van der Waals surface area contributed by atoms with Crippen LogP contribution in [0.3, 0.4) is 0 Å². The predicted octanol–water partition coefficient (Wildman–Crippen LogP) is 3.74. The summed E-state index contributed by atoms with van der Waals surface area (Å²) in [5.41, 5.74) is 2.15. The number of furan rings is 1. The van der Waals surface area contributed by atoms with Gasteiger partial charge in [0.1, 0.15) is 11.3 Å². The molecule has 0 unspecified atom stereocenters. The fraction of sp³-hybridized carbons (Fsp3) is 0.385. The summed E-state index contributed by atoms with van der Waals surface area (Å²) in [6, 6.07) is 5.87. The molecule has 1 aromatic carbocycles. The normalized spacial score (nSPS) is 12.0. The zero-order valence-corrected chi connectivity index (χ0v) is 9.63. The molecule has 0 bridgehead atoms. The molecule has 0 spiro atoms. The second-order valence-electron chi connectivity index (χ2n) is 4.73. The number of methoxy groups -OCH3 is 1. The van der Waals surface area contributed by atoms with E-state index in [0.29, 0.717) is 0 Å². The van der Waals surface area contributed by atoms with E-state index in [-0.39, 0.29) is 5.41 Å². The Morgan fingerprint density at radius 1 is 1.20 bits per heavy atom. The highest BCUT2D eigenvalue weighted by Gasteiger charge is 2.21. The maximum Gasteiger partial charge on any atom is 0.137 e. The average Bonchev–Trinajstić information content (AvgIpc) is 2.59. The van der Waals surface area contributed by atoms with E-state index in [1.54, 1.807) is 7.11 Å². The lowest BCUT2D eigenvalue weighted by Crippen LogP contribution is -2.10. The third kappa shape index (κ3) is 1.60. The Balaban J connectivity index is 2.77. The van der Waals surface area contributed by atoms with Gasteiger partial charge in [0.25, 0.3) is 0 Å². The fourth-order valence-electron chi connectivity index (χ4n) is 1.78. The SMILES string of the molecule is COc1cccc2occ(C(C)(C)C)c12. The van der Waals surface area contributed by atoms with Gasteiger partial charge in [0.2, 0.25) is 0 Å². The van der Waals surface area contributed by atoms with Crippen LogP contribution in [0.5, 0.6) is 5.75 Å². The molecule has 80 valence electrons. The Hall–Kier alpha value is -1.44. The first-order chi connectivity index (χ1) is 7.04. The van der Waals surface area contributed by atoms with Gasteiger partial charge in [0.05, 0.1) is 18.8 Å². The minimum atomic E-state index is 0.0693. The molecule has 0 N–H and O–H groups in total. The zero-order chi connectivity index (χ0) is 11.1. The van der Waals surface area contributed by atoms with Gasteiger partial charge in [-0.05, 0) is 17.5 Å². The highest BCUT2D eigenvalue weighted by atomic mass is 16.5. The molecule has 2 rings (SSSR count). The van der Waals surface area contributed by atoms with Gasteiger partial charge in [-0.2, -0.15) is 0 Å². The molecule has 0 atom stereocenters. The number of rotatable bonds is 1. The molecule has 0 fully saturated rings. The Labute approximate surface area is 89.8 Å². The summed E-state index contributed by atoms with van der Waals surface area (Å²) in [7, 11) is 1.69. The molecular formula is C13H16O2. The van der Waals surface area contributed by atoms with Crippen molar-refractivity contribution in [2.24, 2.45) is 0 Å². The molecule has 2 aromatic rings. The monoisotopic (exact) mass is 204 g/mol. The van der Waals surface area contributed by atoms with Crippen molar-refractivity contribution in [1.82, 2.24) is 0 Å². The van der Waals surface area contributed by atoms with E-state index in [9.17, 15) is 0 Å². The van der Waals surface area contributed by atoms with Crippen molar-refractivity contribution >= 4 is 11.0 Å². The average molecular weight is 204 g/mol. The number of hydrogen-bond donors (Lipinski definition) is 0. The van der Waals surface area contributed by atoms with Crippen LogP contribution < -0.4 is 4.74 Å². The van der Waals surface area contributed by atoms with Crippen molar-refractivity contribution in [1.29, 1.82) is 0 Å². The zero-order valence-electron chi connectivity index (χ0n) is 9.63. The highest BCUT2D eigenvalue weighted by molar-refractivity contribution is 5.88. The van der Waals surface area contributed by atoms with E-state index >= 15 is 0 Å². The quantitative estimate of drug-likeness (QED) is 0.706. The van der Waals surface area contributed by atoms with E-state index in [0.717, 1.165) is 16.7 Å². The van der Waals surface area contributed by atoms with E-state index in [1.807, 2.05) is 24.5 Å². The first-order valence-electron chi connectivity index (χ1n) is 5.08. The fourth-order valence-corrected chi connectivity index (χ4v) is 1.78. The molecule has 0 saturated heterocycles. The molecule has 0 aliphatic rings. The minimum absolute atomic E-state index is 0.0693. The Kier molecular flexibility index (Phi) is 2.22. The summed E-state index contributed by atoms with van der Waals surface area (Å²) in [5, 5.41) is 1.09. The summed E-state index contributed by atoms with van der Waals surface area (Å²) in [6.45, 7) is 6.51. The van der Waals surface area contributed by atoms with Gasteiger partial charge < -0.3 is 9.15 Å². The van der Waals surface area contributed by atoms with Gasteiger partial charge in [-0.1, -0.05) is 26.8 Å². The first kappa shape index (κ1) is 10.1. The number of hydrogen-bond acceptors (Lipinski definition) is 2. The molecule has 2 heteroatoms. The van der Waals surface area contributed by atoms with Crippen LogP contribution in [-0.2, 0) is 5.41 Å². The molecule has 2 nitrogen and oxygen atoms in total. The lowest BCUT2D eigenvalue weighted by atomic mass is 9.86. The molecule has 0 saturated carbocycles. The van der Waals surface area contributed by atoms with Crippen LogP contribution in [0.15, 0.2) is 28.9 Å². The third-order valence-electron chi connectivity index (χ3n) is 2.59. The van der Waals surface area contributed by atoms with Gasteiger partial charge in [0.15, 0.2) is 0 Å². The van der Waals surface area contributed by atoms with Crippen molar-refractivity contribution in [3.8, 4) is 5.75 Å². The first-order valence-corrected chi connectivity index (χ1v) is 5.08. The molecule has 15 heavy (non-hydrogen) atoms. The van der Waals surface area contributed by atoms with Gasteiger partial charge in [-0.3, -0.25) is 0 Å². The van der Waals surface area contributed by atoms with Gasteiger partial charge in [0, 0.05) is 5.56 Å². The summed E-state index contributed by atoms with van der Waals surface area (Å²) < 4.78 is 10.9. The smallest absolute Gasteiger partial charge is 0.137 e. The maximum atomic E-state index is 5.54. The molecule has 0 aliphatic heterocycles. The summed E-state index contributed by atoms with van der Waals surface area (Å²) in [4.78, 5) is 0. The van der Waals surface area contributed by atoms with Crippen molar-refractivity contribution in [2.75, 3.05) is 7.11 Å². The van der Waals surface area contributed by atoms with Crippen molar-refractivity contribution in [3.05, 3.63) is 30.0 Å². The molecule has 0 amide bonds. The second kappa shape index (κ2) is 3.30. The molecule has 0 radical (unpaired) electrons. The predicted molar refractivity (Wildman–Crippen MR) is 61.5 cm³/mol. The lowest BCUT2D eigenvalue weighted by molar-refractivity contribution is 0.419. The van der Waals surface area contributed by atoms with Crippen LogP contribution in [0.4, 0.5) is 0 Å². The molecule has 1 heterocycles. The largest absolute Gasteiger partial charge is 0.496 e. The second-order valence-corrected chi connectivity index (χ2v) is 4.73. The number of benzene rings is 1. The Morgan fingerprint density at radius 2 is 1.93 bits per heavy atom. The molecule has 0 aliphatic carbocycles. The van der Waals surface area contributed by atoms with Crippen molar-refractivity contribution < 1.29 is 9.15 Å². The topological polar surface area (TPSA) is 22.4 Å². The van der Waals surface area contributed by atoms with Gasteiger partial charge >= 0.3 is 0 Å². The van der Waals surface area contributed by atoms with E-state index in [4.69, 9.17) is 9.15 Å². The Bertz CT molecular complexity index is 475. The van der Waals surface area contributed by atoms with Crippen molar-refractivity contribution in [2.45, 2.75) is 26.2 Å². The van der Waals surface area contributed by atoms with Crippen LogP contribution in [0.1, 0.15) is 26.3 Å². The van der Waals surface area contributed by atoms with Crippen LogP contribution in [0.2, 0.25) is 0 Å². The van der Waals surface area contributed by atoms with Crippen LogP contribution in [0, 0.1) is 0 Å².